The number of methoxy groups -OCH3 is 1. The maximum Gasteiger partial charge on any atom is 0.0640 e. The van der Waals surface area contributed by atoms with Crippen LogP contribution in [0.15, 0.2) is 18.2 Å². The fraction of sp³-hybridized carbons (Fsp3) is 0.500. The van der Waals surface area contributed by atoms with Crippen molar-refractivity contribution < 1.29 is 4.74 Å². The molecule has 96 valence electrons. The lowest BCUT2D eigenvalue weighted by Gasteiger charge is -2.21. The van der Waals surface area contributed by atoms with Crippen molar-refractivity contribution in [3.05, 3.63) is 33.8 Å². The molecular weight excluding hydrogens is 259 g/mol. The molecule has 0 heterocycles. The van der Waals surface area contributed by atoms with Crippen molar-refractivity contribution in [3.8, 4) is 0 Å². The molecule has 1 rings (SSSR count). The molecule has 0 spiro atoms. The summed E-state index contributed by atoms with van der Waals surface area (Å²) in [6.45, 7) is 2.79. The summed E-state index contributed by atoms with van der Waals surface area (Å²) < 4.78 is 5.11. The molecule has 5 heteroatoms. The van der Waals surface area contributed by atoms with E-state index in [9.17, 15) is 0 Å². The molecule has 1 aromatic carbocycles. The number of hydrogen-bond acceptors (Lipinski definition) is 3. The molecule has 0 saturated carbocycles. The molecule has 0 aliphatic heterocycles. The molecule has 17 heavy (non-hydrogen) atoms. The summed E-state index contributed by atoms with van der Waals surface area (Å²) in [5.41, 5.74) is 3.70. The summed E-state index contributed by atoms with van der Waals surface area (Å²) in [7, 11) is 1.69. The van der Waals surface area contributed by atoms with Crippen LogP contribution in [-0.2, 0) is 4.74 Å². The van der Waals surface area contributed by atoms with E-state index in [1.807, 2.05) is 12.1 Å². The Hall–Kier alpha value is -0.320. The van der Waals surface area contributed by atoms with Crippen LogP contribution in [0.25, 0.3) is 0 Å². The van der Waals surface area contributed by atoms with Gasteiger partial charge in [0.2, 0.25) is 0 Å². The van der Waals surface area contributed by atoms with Gasteiger partial charge in [-0.3, -0.25) is 11.3 Å². The summed E-state index contributed by atoms with van der Waals surface area (Å²) in [5, 5.41) is 1.10. The van der Waals surface area contributed by atoms with E-state index >= 15 is 0 Å². The molecule has 3 N–H and O–H groups in total. The van der Waals surface area contributed by atoms with E-state index in [1.54, 1.807) is 13.2 Å². The molecule has 3 nitrogen and oxygen atoms in total. The Labute approximate surface area is 112 Å². The van der Waals surface area contributed by atoms with Crippen LogP contribution in [0.5, 0.6) is 0 Å². The molecule has 0 aromatic heterocycles. The number of benzene rings is 1. The minimum atomic E-state index is -0.0219. The van der Waals surface area contributed by atoms with Gasteiger partial charge in [-0.1, -0.05) is 42.3 Å². The first-order chi connectivity index (χ1) is 8.10. The quantitative estimate of drug-likeness (QED) is 0.620. The highest BCUT2D eigenvalue weighted by molar-refractivity contribution is 6.42. The van der Waals surface area contributed by atoms with Crippen molar-refractivity contribution in [2.24, 2.45) is 11.8 Å². The minimum absolute atomic E-state index is 0.0219. The SMILES string of the molecule is COCC(C)CC(NN)c1cccc(Cl)c1Cl. The first kappa shape index (κ1) is 14.7. The molecule has 0 aliphatic carbocycles. The number of ether oxygens (including phenoxy) is 1. The Morgan fingerprint density at radius 3 is 2.71 bits per heavy atom. The largest absolute Gasteiger partial charge is 0.384 e. The van der Waals surface area contributed by atoms with Gasteiger partial charge in [-0.15, -0.1) is 0 Å². The number of hydrazine groups is 1. The van der Waals surface area contributed by atoms with E-state index in [1.165, 1.54) is 0 Å². The third-order valence-corrected chi connectivity index (χ3v) is 3.48. The fourth-order valence-electron chi connectivity index (χ4n) is 1.83. The lowest BCUT2D eigenvalue weighted by Crippen LogP contribution is -2.30. The second-order valence-electron chi connectivity index (χ2n) is 4.16. The van der Waals surface area contributed by atoms with E-state index in [2.05, 4.69) is 12.3 Å². The van der Waals surface area contributed by atoms with Crippen LogP contribution >= 0.6 is 23.2 Å². The van der Waals surface area contributed by atoms with Crippen LogP contribution in [0.1, 0.15) is 24.9 Å². The van der Waals surface area contributed by atoms with Crippen LogP contribution in [0, 0.1) is 5.92 Å². The van der Waals surface area contributed by atoms with Crippen LogP contribution in [0.3, 0.4) is 0 Å². The van der Waals surface area contributed by atoms with Gasteiger partial charge in [0, 0.05) is 19.8 Å². The summed E-state index contributed by atoms with van der Waals surface area (Å²) in [4.78, 5) is 0. The summed E-state index contributed by atoms with van der Waals surface area (Å²) in [6.07, 6.45) is 0.838. The Morgan fingerprint density at radius 1 is 1.41 bits per heavy atom. The first-order valence-electron chi connectivity index (χ1n) is 5.49. The molecule has 0 saturated heterocycles. The maximum atomic E-state index is 6.17. The predicted octanol–water partition coefficient (Wildman–Crippen LogP) is 3.17. The van der Waals surface area contributed by atoms with Crippen LogP contribution < -0.4 is 11.3 Å². The van der Waals surface area contributed by atoms with Gasteiger partial charge in [0.05, 0.1) is 10.0 Å². The normalized spacial score (nSPS) is 14.6. The van der Waals surface area contributed by atoms with Crippen molar-refractivity contribution in [3.63, 3.8) is 0 Å². The number of hydrogen-bond donors (Lipinski definition) is 2. The highest BCUT2D eigenvalue weighted by Gasteiger charge is 2.17. The zero-order valence-corrected chi connectivity index (χ0v) is 11.6. The zero-order valence-electron chi connectivity index (χ0n) is 10.0. The molecule has 0 radical (unpaired) electrons. The van der Waals surface area contributed by atoms with Crippen LogP contribution in [-0.4, -0.2) is 13.7 Å². The third kappa shape index (κ3) is 4.12. The summed E-state index contributed by atoms with van der Waals surface area (Å²) in [6, 6.07) is 5.54. The Morgan fingerprint density at radius 2 is 2.12 bits per heavy atom. The fourth-order valence-corrected chi connectivity index (χ4v) is 2.27. The lowest BCUT2D eigenvalue weighted by molar-refractivity contribution is 0.149. The van der Waals surface area contributed by atoms with E-state index in [0.717, 1.165) is 12.0 Å². The average molecular weight is 277 g/mol. The van der Waals surface area contributed by atoms with Gasteiger partial charge < -0.3 is 4.74 Å². The topological polar surface area (TPSA) is 47.3 Å². The lowest BCUT2D eigenvalue weighted by atomic mass is 9.97. The average Bonchev–Trinajstić information content (AvgIpc) is 2.30. The second-order valence-corrected chi connectivity index (χ2v) is 4.94. The Balaban J connectivity index is 2.82. The highest BCUT2D eigenvalue weighted by Crippen LogP contribution is 2.32. The smallest absolute Gasteiger partial charge is 0.0640 e. The van der Waals surface area contributed by atoms with E-state index in [-0.39, 0.29) is 6.04 Å². The number of rotatable bonds is 6. The van der Waals surface area contributed by atoms with Gasteiger partial charge in [-0.05, 0) is 24.0 Å². The van der Waals surface area contributed by atoms with Crippen molar-refractivity contribution >= 4 is 23.2 Å². The van der Waals surface area contributed by atoms with Gasteiger partial charge in [-0.25, -0.2) is 0 Å². The van der Waals surface area contributed by atoms with Crippen molar-refractivity contribution in [1.29, 1.82) is 0 Å². The van der Waals surface area contributed by atoms with Crippen LogP contribution in [0.4, 0.5) is 0 Å². The highest BCUT2D eigenvalue weighted by atomic mass is 35.5. The molecule has 0 aliphatic rings. The van der Waals surface area contributed by atoms with Crippen molar-refractivity contribution in [2.45, 2.75) is 19.4 Å². The van der Waals surface area contributed by atoms with E-state index in [0.29, 0.717) is 22.6 Å². The number of nitrogens with two attached hydrogens (primary N) is 1. The monoisotopic (exact) mass is 276 g/mol. The van der Waals surface area contributed by atoms with Crippen molar-refractivity contribution in [1.82, 2.24) is 5.43 Å². The second kappa shape index (κ2) is 7.19. The van der Waals surface area contributed by atoms with Gasteiger partial charge >= 0.3 is 0 Å². The molecule has 2 unspecified atom stereocenters. The summed E-state index contributed by atoms with van der Waals surface area (Å²) >= 11 is 12.2. The standard InChI is InChI=1S/C12H18Cl2N2O/c1-8(7-17-2)6-11(16-15)9-4-3-5-10(13)12(9)14/h3-5,8,11,16H,6-7,15H2,1-2H3. The third-order valence-electron chi connectivity index (χ3n) is 2.65. The Kier molecular flexibility index (Phi) is 6.23. The maximum absolute atomic E-state index is 6.17. The Bertz CT molecular complexity index is 360. The summed E-state index contributed by atoms with van der Waals surface area (Å²) in [5.74, 6) is 5.96. The first-order valence-corrected chi connectivity index (χ1v) is 6.24. The van der Waals surface area contributed by atoms with E-state index in [4.69, 9.17) is 33.8 Å². The number of nitrogens with one attached hydrogen (secondary N) is 1. The molecule has 0 bridgehead atoms. The molecular formula is C12H18Cl2N2O. The molecule has 2 atom stereocenters. The molecule has 1 aromatic rings. The predicted molar refractivity (Wildman–Crippen MR) is 72.2 cm³/mol. The minimum Gasteiger partial charge on any atom is -0.384 e. The zero-order chi connectivity index (χ0) is 12.8. The number of halogens is 2. The molecule has 0 fully saturated rings. The van der Waals surface area contributed by atoms with Crippen LogP contribution in [0.2, 0.25) is 10.0 Å². The van der Waals surface area contributed by atoms with E-state index < -0.39 is 0 Å². The van der Waals surface area contributed by atoms with Gasteiger partial charge in [0.1, 0.15) is 0 Å². The molecule has 0 amide bonds. The van der Waals surface area contributed by atoms with Gasteiger partial charge in [0.25, 0.3) is 0 Å². The van der Waals surface area contributed by atoms with Crippen molar-refractivity contribution in [2.75, 3.05) is 13.7 Å². The van der Waals surface area contributed by atoms with Gasteiger partial charge in [0.15, 0.2) is 0 Å². The van der Waals surface area contributed by atoms with Gasteiger partial charge in [-0.2, -0.15) is 0 Å².